The van der Waals surface area contributed by atoms with Gasteiger partial charge in [-0.2, -0.15) is 9.57 Å². The Kier molecular flexibility index (Phi) is 8.89. The first-order valence-corrected chi connectivity index (χ1v) is 16.6. The smallest absolute Gasteiger partial charge is 0.269 e. The van der Waals surface area contributed by atoms with Gasteiger partial charge in [-0.15, -0.1) is 11.3 Å². The number of benzene rings is 2. The Balaban J connectivity index is 1.56. The van der Waals surface area contributed by atoms with Crippen molar-refractivity contribution in [3.05, 3.63) is 85.5 Å². The van der Waals surface area contributed by atoms with E-state index in [4.69, 9.17) is 13.9 Å². The molecule has 0 saturated carbocycles. The second-order valence-electron chi connectivity index (χ2n) is 11.4. The molecule has 1 aliphatic heterocycles. The van der Waals surface area contributed by atoms with Crippen LogP contribution >= 0.6 is 11.3 Å². The van der Waals surface area contributed by atoms with Crippen LogP contribution in [0.1, 0.15) is 45.9 Å². The minimum absolute atomic E-state index is 0.0927. The monoisotopic (exact) mass is 647 g/mol. The zero-order chi connectivity index (χ0) is 32.5. The number of rotatable bonds is 9. The van der Waals surface area contributed by atoms with E-state index in [-0.39, 0.29) is 44.3 Å². The summed E-state index contributed by atoms with van der Waals surface area (Å²) in [6.45, 7) is 9.72. The molecular weight excluding hydrogens is 615 g/mol. The van der Waals surface area contributed by atoms with Gasteiger partial charge in [0, 0.05) is 30.1 Å². The highest BCUT2D eigenvalue weighted by Gasteiger charge is 2.28. The summed E-state index contributed by atoms with van der Waals surface area (Å²) in [4.78, 5) is 27.3. The number of hydrogen-bond donors (Lipinski definition) is 0. The van der Waals surface area contributed by atoms with Gasteiger partial charge in [0.2, 0.25) is 16.8 Å². The molecule has 12 heteroatoms. The quantitative estimate of drug-likeness (QED) is 0.265. The Morgan fingerprint density at radius 3 is 2.38 bits per heavy atom. The number of nitriles is 1. The molecule has 2 aromatic heterocycles. The molecule has 4 aromatic rings. The summed E-state index contributed by atoms with van der Waals surface area (Å²) in [7, 11) is -3.59. The first kappa shape index (κ1) is 32.0. The molecule has 234 valence electrons. The highest BCUT2D eigenvalue weighted by Crippen LogP contribution is 2.32. The van der Waals surface area contributed by atoms with Gasteiger partial charge < -0.3 is 13.9 Å². The van der Waals surface area contributed by atoms with Gasteiger partial charge in [-0.25, -0.2) is 8.42 Å². The van der Waals surface area contributed by atoms with Crippen molar-refractivity contribution in [2.45, 2.75) is 46.1 Å². The maximum Gasteiger partial charge on any atom is 0.269 e. The van der Waals surface area contributed by atoms with Gasteiger partial charge in [0.15, 0.2) is 17.3 Å². The number of hydrogen-bond acceptors (Lipinski definition) is 9. The van der Waals surface area contributed by atoms with Crippen molar-refractivity contribution in [2.24, 2.45) is 5.41 Å². The maximum absolute atomic E-state index is 13.8. The van der Waals surface area contributed by atoms with Crippen LogP contribution in [-0.2, 0) is 21.4 Å². The lowest BCUT2D eigenvalue weighted by molar-refractivity contribution is -0.120. The Hall–Kier alpha value is -4.44. The number of fused-ring (bicyclic) bond motifs is 1. The average molecular weight is 648 g/mol. The second-order valence-corrected chi connectivity index (χ2v) is 14.3. The number of nitrogens with zero attached hydrogens (tertiary/aromatic N) is 3. The maximum atomic E-state index is 13.8. The topological polar surface area (TPSA) is 132 Å². The van der Waals surface area contributed by atoms with E-state index in [0.29, 0.717) is 41.7 Å². The van der Waals surface area contributed by atoms with Gasteiger partial charge in [0.1, 0.15) is 27.8 Å². The summed E-state index contributed by atoms with van der Waals surface area (Å²) in [6, 6.07) is 17.2. The van der Waals surface area contributed by atoms with E-state index in [9.17, 15) is 23.3 Å². The number of ether oxygens (including phenoxy) is 2. The molecule has 5 rings (SSSR count). The number of sulfonamides is 1. The van der Waals surface area contributed by atoms with Crippen LogP contribution in [0.25, 0.3) is 23.0 Å². The standard InChI is InChI=1S/C33H33N3O7S2/c1-6-35(7-2)45(39,40)24-12-9-22(10-13-24)26-15-11-23(43-26)17-29-31(38)36(19-21-8-14-27-28(16-21)42-20-41-27)32(44-29)25(18-34)30(37)33(3,4)5/h8-17H,6-7,19-20H2,1-5H3. The molecule has 0 saturated heterocycles. The lowest BCUT2D eigenvalue weighted by Gasteiger charge is -2.18. The average Bonchev–Trinajstić information content (AvgIpc) is 3.74. The van der Waals surface area contributed by atoms with E-state index >= 15 is 0 Å². The van der Waals surface area contributed by atoms with Gasteiger partial charge in [0.25, 0.3) is 5.56 Å². The van der Waals surface area contributed by atoms with E-state index in [1.54, 1.807) is 95.3 Å². The van der Waals surface area contributed by atoms with Gasteiger partial charge in [0.05, 0.1) is 16.0 Å². The molecular formula is C33H33N3O7S2. The van der Waals surface area contributed by atoms with E-state index < -0.39 is 15.4 Å². The van der Waals surface area contributed by atoms with Crippen molar-refractivity contribution < 1.29 is 27.1 Å². The number of aromatic nitrogens is 1. The Morgan fingerprint density at radius 1 is 1.04 bits per heavy atom. The number of Topliss-reactive ketones (excluding diaryl/α,β-unsaturated/α-hetero) is 1. The second kappa shape index (κ2) is 12.5. The third kappa shape index (κ3) is 6.38. The van der Waals surface area contributed by atoms with E-state index in [1.165, 1.54) is 8.87 Å². The molecule has 10 nitrogen and oxygen atoms in total. The first-order valence-electron chi connectivity index (χ1n) is 14.4. The summed E-state index contributed by atoms with van der Waals surface area (Å²) in [5.41, 5.74) is 0.0838. The van der Waals surface area contributed by atoms with Crippen LogP contribution in [0.5, 0.6) is 11.5 Å². The molecule has 2 aromatic carbocycles. The number of furan rings is 1. The summed E-state index contributed by atoms with van der Waals surface area (Å²) in [5, 5.41) is 10.1. The fraction of sp³-hybridized carbons (Fsp3) is 0.303. The van der Waals surface area contributed by atoms with Crippen molar-refractivity contribution in [1.82, 2.24) is 8.87 Å². The highest BCUT2D eigenvalue weighted by atomic mass is 32.2. The summed E-state index contributed by atoms with van der Waals surface area (Å²) >= 11 is 1.05. The van der Waals surface area contributed by atoms with Crippen molar-refractivity contribution >= 4 is 38.8 Å². The number of ketones is 1. The van der Waals surface area contributed by atoms with Crippen LogP contribution in [0.15, 0.2) is 68.7 Å². The van der Waals surface area contributed by atoms with E-state index in [0.717, 1.165) is 16.9 Å². The van der Waals surface area contributed by atoms with Crippen molar-refractivity contribution in [1.29, 1.82) is 5.26 Å². The zero-order valence-electron chi connectivity index (χ0n) is 25.6. The minimum atomic E-state index is -3.59. The van der Waals surface area contributed by atoms with Crippen molar-refractivity contribution in [2.75, 3.05) is 19.9 Å². The highest BCUT2D eigenvalue weighted by molar-refractivity contribution is 7.89. The summed E-state index contributed by atoms with van der Waals surface area (Å²) in [6.07, 6.45) is 1.58. The summed E-state index contributed by atoms with van der Waals surface area (Å²) in [5.74, 6) is 1.65. The minimum Gasteiger partial charge on any atom is -0.457 e. The van der Waals surface area contributed by atoms with Gasteiger partial charge in [-0.3, -0.25) is 14.2 Å². The van der Waals surface area contributed by atoms with Gasteiger partial charge in [-0.05, 0) is 54.1 Å². The molecule has 0 amide bonds. The lowest BCUT2D eigenvalue weighted by Crippen LogP contribution is -2.34. The van der Waals surface area contributed by atoms with Crippen molar-refractivity contribution in [3.8, 4) is 28.9 Å². The third-order valence-corrected chi connectivity index (χ3v) is 10.5. The normalized spacial score (nSPS) is 14.1. The molecule has 0 unspecified atom stereocenters. The number of thiazole rings is 1. The van der Waals surface area contributed by atoms with Crippen LogP contribution in [-0.4, -0.2) is 43.0 Å². The largest absolute Gasteiger partial charge is 0.457 e. The zero-order valence-corrected chi connectivity index (χ0v) is 27.3. The first-order chi connectivity index (χ1) is 21.4. The Bertz CT molecular complexity index is 2090. The number of carbonyl (C=O) groups excluding carboxylic acids is 1. The molecule has 0 aliphatic carbocycles. The molecule has 0 bridgehead atoms. The lowest BCUT2D eigenvalue weighted by atomic mass is 9.87. The van der Waals surface area contributed by atoms with Gasteiger partial charge >= 0.3 is 0 Å². The molecule has 0 fully saturated rings. The van der Waals surface area contributed by atoms with Crippen LogP contribution < -0.4 is 24.2 Å². The van der Waals surface area contributed by atoms with Crippen LogP contribution in [0.4, 0.5) is 0 Å². The fourth-order valence-electron chi connectivity index (χ4n) is 4.86. The van der Waals surface area contributed by atoms with Gasteiger partial charge in [-0.1, -0.05) is 40.7 Å². The molecule has 1 aliphatic rings. The molecule has 0 atom stereocenters. The van der Waals surface area contributed by atoms with Crippen molar-refractivity contribution in [3.63, 3.8) is 0 Å². The fourth-order valence-corrected chi connectivity index (χ4v) is 7.40. The SMILES string of the molecule is CCN(CC)S(=O)(=O)c1ccc(-c2ccc(C=c3sc(=C(C#N)C(=O)C(C)(C)C)n(Cc4ccc5c(c4)OCO5)c3=O)o2)cc1. The van der Waals surface area contributed by atoms with Crippen LogP contribution in [0, 0.1) is 16.7 Å². The van der Waals surface area contributed by atoms with E-state index in [2.05, 4.69) is 0 Å². The third-order valence-electron chi connectivity index (χ3n) is 7.30. The van der Waals surface area contributed by atoms with Crippen LogP contribution in [0.2, 0.25) is 0 Å². The predicted molar refractivity (Wildman–Crippen MR) is 171 cm³/mol. The Morgan fingerprint density at radius 2 is 1.73 bits per heavy atom. The molecule has 3 heterocycles. The molecule has 0 radical (unpaired) electrons. The number of carbonyl (C=O) groups is 1. The Labute approximate surface area is 265 Å². The van der Waals surface area contributed by atoms with Crippen LogP contribution in [0.3, 0.4) is 0 Å². The molecule has 45 heavy (non-hydrogen) atoms. The predicted octanol–water partition coefficient (Wildman–Crippen LogP) is 4.10. The molecule has 0 spiro atoms. The van der Waals surface area contributed by atoms with E-state index in [1.807, 2.05) is 6.07 Å². The summed E-state index contributed by atoms with van der Waals surface area (Å²) < 4.78 is 46.0. The molecule has 0 N–H and O–H groups in total.